The highest BCUT2D eigenvalue weighted by atomic mass is 32.2. The molecular formula is C19H26F2N2O5S. The van der Waals surface area contributed by atoms with Crippen molar-refractivity contribution in [1.82, 2.24) is 9.21 Å². The van der Waals surface area contributed by atoms with E-state index in [0.717, 1.165) is 29.3 Å². The lowest BCUT2D eigenvalue weighted by Crippen LogP contribution is -2.54. The van der Waals surface area contributed by atoms with Crippen LogP contribution in [0.5, 0.6) is 0 Å². The molecule has 2 heterocycles. The molecule has 1 aromatic carbocycles. The number of carbonyl (C=O) groups excluding carboxylic acids is 1. The molecule has 0 radical (unpaired) electrons. The Hall–Kier alpha value is -1.62. The van der Waals surface area contributed by atoms with Crippen LogP contribution in [0.2, 0.25) is 0 Å². The van der Waals surface area contributed by atoms with Gasteiger partial charge < -0.3 is 14.4 Å². The fourth-order valence-corrected chi connectivity index (χ4v) is 5.59. The number of methoxy groups -OCH3 is 1. The van der Waals surface area contributed by atoms with Crippen LogP contribution in [-0.4, -0.2) is 75.6 Å². The van der Waals surface area contributed by atoms with Crippen molar-refractivity contribution >= 4 is 15.9 Å². The summed E-state index contributed by atoms with van der Waals surface area (Å²) in [6, 6.07) is 2.29. The van der Waals surface area contributed by atoms with Crippen molar-refractivity contribution < 1.29 is 31.5 Å². The highest BCUT2D eigenvalue weighted by molar-refractivity contribution is 7.89. The number of sulfonamides is 1. The van der Waals surface area contributed by atoms with Crippen LogP contribution < -0.4 is 0 Å². The number of nitrogens with zero attached hydrogens (tertiary/aromatic N) is 2. The first-order chi connectivity index (χ1) is 13.8. The molecule has 7 nitrogen and oxygen atoms in total. The van der Waals surface area contributed by atoms with E-state index in [-0.39, 0.29) is 37.7 Å². The molecule has 0 saturated carbocycles. The van der Waals surface area contributed by atoms with E-state index >= 15 is 0 Å². The van der Waals surface area contributed by atoms with Gasteiger partial charge in [0.1, 0.15) is 23.1 Å². The van der Waals surface area contributed by atoms with E-state index in [1.165, 1.54) is 7.11 Å². The third-order valence-electron chi connectivity index (χ3n) is 5.47. The SMILES string of the molecule is COCC(=O)N(C1CCOCC1)C1CCN(S(=O)(=O)c2cc(F)ccc2F)CC1. The zero-order valence-corrected chi connectivity index (χ0v) is 17.2. The molecule has 162 valence electrons. The number of ether oxygens (including phenoxy) is 2. The van der Waals surface area contributed by atoms with Crippen LogP contribution in [0.1, 0.15) is 25.7 Å². The first kappa shape index (κ1) is 22.1. The van der Waals surface area contributed by atoms with Crippen molar-refractivity contribution in [3.63, 3.8) is 0 Å². The van der Waals surface area contributed by atoms with Crippen molar-refractivity contribution in [1.29, 1.82) is 0 Å². The summed E-state index contributed by atoms with van der Waals surface area (Å²) in [5.41, 5.74) is 0. The van der Waals surface area contributed by atoms with E-state index in [4.69, 9.17) is 9.47 Å². The first-order valence-corrected chi connectivity index (χ1v) is 11.1. The third-order valence-corrected chi connectivity index (χ3v) is 7.38. The number of benzene rings is 1. The lowest BCUT2D eigenvalue weighted by atomic mass is 9.98. The normalized spacial score (nSPS) is 20.0. The molecular weight excluding hydrogens is 406 g/mol. The maximum atomic E-state index is 14.0. The average molecular weight is 432 g/mol. The average Bonchev–Trinajstić information content (AvgIpc) is 2.71. The molecule has 0 bridgehead atoms. The van der Waals surface area contributed by atoms with Gasteiger partial charge in [0.2, 0.25) is 15.9 Å². The minimum absolute atomic E-state index is 0.0280. The lowest BCUT2D eigenvalue weighted by Gasteiger charge is -2.43. The van der Waals surface area contributed by atoms with Gasteiger partial charge in [-0.2, -0.15) is 4.31 Å². The molecule has 1 amide bonds. The van der Waals surface area contributed by atoms with E-state index in [2.05, 4.69) is 0 Å². The monoisotopic (exact) mass is 432 g/mol. The summed E-state index contributed by atoms with van der Waals surface area (Å²) in [4.78, 5) is 13.8. The van der Waals surface area contributed by atoms with Gasteiger partial charge in [0, 0.05) is 45.5 Å². The summed E-state index contributed by atoms with van der Waals surface area (Å²) < 4.78 is 64.6. The number of piperidine rings is 1. The molecule has 0 unspecified atom stereocenters. The van der Waals surface area contributed by atoms with Gasteiger partial charge in [-0.25, -0.2) is 17.2 Å². The van der Waals surface area contributed by atoms with Crippen LogP contribution >= 0.6 is 0 Å². The summed E-state index contributed by atoms with van der Waals surface area (Å²) in [5.74, 6) is -1.92. The summed E-state index contributed by atoms with van der Waals surface area (Å²) in [7, 11) is -2.69. The second-order valence-electron chi connectivity index (χ2n) is 7.29. The van der Waals surface area contributed by atoms with Gasteiger partial charge in [-0.15, -0.1) is 0 Å². The van der Waals surface area contributed by atoms with Gasteiger partial charge in [0.15, 0.2) is 0 Å². The van der Waals surface area contributed by atoms with Crippen molar-refractivity contribution in [2.24, 2.45) is 0 Å². The molecule has 29 heavy (non-hydrogen) atoms. The fourth-order valence-electron chi connectivity index (χ4n) is 4.04. The van der Waals surface area contributed by atoms with Crippen molar-refractivity contribution in [3.05, 3.63) is 29.8 Å². The van der Waals surface area contributed by atoms with Crippen LogP contribution in [0.4, 0.5) is 8.78 Å². The number of amides is 1. The quantitative estimate of drug-likeness (QED) is 0.685. The maximum Gasteiger partial charge on any atom is 0.249 e. The number of carbonyl (C=O) groups is 1. The minimum Gasteiger partial charge on any atom is -0.381 e. The second-order valence-corrected chi connectivity index (χ2v) is 9.19. The smallest absolute Gasteiger partial charge is 0.249 e. The molecule has 0 atom stereocenters. The molecule has 0 aromatic heterocycles. The van der Waals surface area contributed by atoms with Crippen molar-refractivity contribution in [2.45, 2.75) is 42.7 Å². The van der Waals surface area contributed by atoms with Crippen LogP contribution in [0, 0.1) is 11.6 Å². The topological polar surface area (TPSA) is 76.2 Å². The lowest BCUT2D eigenvalue weighted by molar-refractivity contribution is -0.143. The van der Waals surface area contributed by atoms with Gasteiger partial charge in [0.05, 0.1) is 0 Å². The van der Waals surface area contributed by atoms with Gasteiger partial charge in [-0.1, -0.05) is 0 Å². The predicted octanol–water partition coefficient (Wildman–Crippen LogP) is 1.77. The molecule has 2 aliphatic rings. The van der Waals surface area contributed by atoms with Gasteiger partial charge >= 0.3 is 0 Å². The van der Waals surface area contributed by atoms with E-state index < -0.39 is 26.6 Å². The molecule has 1 aromatic rings. The number of rotatable bonds is 6. The molecule has 2 saturated heterocycles. The third kappa shape index (κ3) is 4.93. The van der Waals surface area contributed by atoms with Crippen molar-refractivity contribution in [2.75, 3.05) is 40.0 Å². The molecule has 2 aliphatic heterocycles. The molecule has 10 heteroatoms. The Morgan fingerprint density at radius 2 is 1.79 bits per heavy atom. The minimum atomic E-state index is -4.15. The largest absolute Gasteiger partial charge is 0.381 e. The van der Waals surface area contributed by atoms with Crippen molar-refractivity contribution in [3.8, 4) is 0 Å². The Balaban J connectivity index is 1.73. The Morgan fingerprint density at radius 3 is 2.41 bits per heavy atom. The summed E-state index contributed by atoms with van der Waals surface area (Å²) in [6.07, 6.45) is 2.29. The molecule has 0 N–H and O–H groups in total. The Morgan fingerprint density at radius 1 is 1.17 bits per heavy atom. The van der Waals surface area contributed by atoms with Crippen LogP contribution in [0.15, 0.2) is 23.1 Å². The van der Waals surface area contributed by atoms with Gasteiger partial charge in [0.25, 0.3) is 0 Å². The van der Waals surface area contributed by atoms with Gasteiger partial charge in [-0.3, -0.25) is 4.79 Å². The molecule has 0 aliphatic carbocycles. The van der Waals surface area contributed by atoms with Gasteiger partial charge in [-0.05, 0) is 43.9 Å². The van der Waals surface area contributed by atoms with Crippen LogP contribution in [0.3, 0.4) is 0 Å². The van der Waals surface area contributed by atoms with Crippen LogP contribution in [-0.2, 0) is 24.3 Å². The zero-order chi connectivity index (χ0) is 21.0. The highest BCUT2D eigenvalue weighted by Crippen LogP contribution is 2.28. The summed E-state index contributed by atoms with van der Waals surface area (Å²) in [5, 5.41) is 0. The molecule has 2 fully saturated rings. The Bertz CT molecular complexity index is 822. The molecule has 3 rings (SSSR count). The summed E-state index contributed by atoms with van der Waals surface area (Å²) >= 11 is 0. The van der Waals surface area contributed by atoms with E-state index in [1.54, 1.807) is 0 Å². The maximum absolute atomic E-state index is 14.0. The van der Waals surface area contributed by atoms with E-state index in [0.29, 0.717) is 32.1 Å². The summed E-state index contributed by atoms with van der Waals surface area (Å²) in [6.45, 7) is 1.37. The number of hydrogen-bond donors (Lipinski definition) is 0. The van der Waals surface area contributed by atoms with Crippen LogP contribution in [0.25, 0.3) is 0 Å². The standard InChI is InChI=1S/C19H26F2N2O5S/c1-27-13-19(24)23(16-6-10-28-11-7-16)15-4-8-22(9-5-15)29(25,26)18-12-14(20)2-3-17(18)21/h2-3,12,15-16H,4-11,13H2,1H3. The number of halogens is 2. The zero-order valence-electron chi connectivity index (χ0n) is 16.4. The highest BCUT2D eigenvalue weighted by Gasteiger charge is 2.37. The fraction of sp³-hybridized carbons (Fsp3) is 0.632. The Kier molecular flexibility index (Phi) is 7.20. The first-order valence-electron chi connectivity index (χ1n) is 9.67. The van der Waals surface area contributed by atoms with E-state index in [9.17, 15) is 22.0 Å². The Labute approximate surface area is 169 Å². The predicted molar refractivity (Wildman–Crippen MR) is 101 cm³/mol. The van der Waals surface area contributed by atoms with E-state index in [1.807, 2.05) is 4.90 Å². The second kappa shape index (κ2) is 9.46. The number of hydrogen-bond acceptors (Lipinski definition) is 5. The molecule has 0 spiro atoms.